The second-order valence-electron chi connectivity index (χ2n) is 1.07. The van der Waals surface area contributed by atoms with E-state index in [0.29, 0.717) is 0 Å². The van der Waals surface area contributed by atoms with Crippen LogP contribution in [0.4, 0.5) is 0 Å². The van der Waals surface area contributed by atoms with Gasteiger partial charge in [0.15, 0.2) is 0 Å². The van der Waals surface area contributed by atoms with E-state index < -0.39 is 0 Å². The van der Waals surface area contributed by atoms with Gasteiger partial charge in [0.25, 0.3) is 0 Å². The van der Waals surface area contributed by atoms with Gasteiger partial charge in [-0.25, -0.2) is 4.98 Å². The summed E-state index contributed by atoms with van der Waals surface area (Å²) in [5.74, 6) is 0. The second-order valence-corrected chi connectivity index (χ2v) is 1.07. The number of aryl methyl sites for hydroxylation is 1. The summed E-state index contributed by atoms with van der Waals surface area (Å²) in [5, 5.41) is 3.72. The summed E-state index contributed by atoms with van der Waals surface area (Å²) < 4.78 is 1.64. The van der Waals surface area contributed by atoms with Crippen LogP contribution in [0.2, 0.25) is 0 Å². The van der Waals surface area contributed by atoms with Crippen molar-refractivity contribution < 1.29 is 0 Å². The molecule has 0 fully saturated rings. The second kappa shape index (κ2) is 2.58. The molecule has 0 saturated heterocycles. The van der Waals surface area contributed by atoms with E-state index in [2.05, 4.69) is 10.1 Å². The SMILES string of the molecule is Cl.Cn1cncn1. The Morgan fingerprint density at radius 1 is 1.57 bits per heavy atom. The minimum atomic E-state index is 0. The fourth-order valence-corrected chi connectivity index (χ4v) is 0.267. The molecule has 0 saturated carbocycles. The van der Waals surface area contributed by atoms with Crippen LogP contribution in [0, 0.1) is 0 Å². The van der Waals surface area contributed by atoms with Gasteiger partial charge in [0.1, 0.15) is 12.7 Å². The Kier molecular flexibility index (Phi) is 2.37. The van der Waals surface area contributed by atoms with E-state index in [4.69, 9.17) is 0 Å². The van der Waals surface area contributed by atoms with Crippen molar-refractivity contribution in [2.45, 2.75) is 0 Å². The van der Waals surface area contributed by atoms with Gasteiger partial charge < -0.3 is 0 Å². The van der Waals surface area contributed by atoms with Gasteiger partial charge in [0.2, 0.25) is 0 Å². The highest BCUT2D eigenvalue weighted by Gasteiger charge is 1.70. The predicted octanol–water partition coefficient (Wildman–Crippen LogP) is 0.237. The van der Waals surface area contributed by atoms with Crippen molar-refractivity contribution in [3.63, 3.8) is 0 Å². The van der Waals surface area contributed by atoms with Gasteiger partial charge in [-0.2, -0.15) is 5.10 Å². The van der Waals surface area contributed by atoms with Crippen LogP contribution in [0.5, 0.6) is 0 Å². The molecule has 0 aliphatic heterocycles. The summed E-state index contributed by atoms with van der Waals surface area (Å²) in [6.45, 7) is 0. The van der Waals surface area contributed by atoms with Crippen molar-refractivity contribution in [3.8, 4) is 0 Å². The molecule has 0 aliphatic carbocycles. The smallest absolute Gasteiger partial charge is 0.137 e. The molecule has 1 heterocycles. The maximum absolute atomic E-state index is 3.72. The lowest BCUT2D eigenvalue weighted by molar-refractivity contribution is 0.765. The van der Waals surface area contributed by atoms with Gasteiger partial charge in [-0.3, -0.25) is 4.68 Å². The standard InChI is InChI=1S/C3H5N3.ClH/c1-6-3-4-2-5-6;/h2-3H,1H3;1H. The fourth-order valence-electron chi connectivity index (χ4n) is 0.267. The summed E-state index contributed by atoms with van der Waals surface area (Å²) in [6.07, 6.45) is 3.14. The molecule has 4 heteroatoms. The highest BCUT2D eigenvalue weighted by Crippen LogP contribution is 1.64. The van der Waals surface area contributed by atoms with Crippen molar-refractivity contribution >= 4 is 12.4 Å². The van der Waals surface area contributed by atoms with Gasteiger partial charge in [-0.1, -0.05) is 0 Å². The van der Waals surface area contributed by atoms with Crippen LogP contribution >= 0.6 is 12.4 Å². The number of aromatic nitrogens is 3. The summed E-state index contributed by atoms with van der Waals surface area (Å²) in [6, 6.07) is 0. The first-order chi connectivity index (χ1) is 2.89. The normalized spacial score (nSPS) is 7.57. The molecule has 7 heavy (non-hydrogen) atoms. The highest BCUT2D eigenvalue weighted by molar-refractivity contribution is 5.85. The molecule has 0 aliphatic rings. The maximum Gasteiger partial charge on any atom is 0.137 e. The molecular formula is C3H6ClN3. The quantitative estimate of drug-likeness (QED) is 0.490. The van der Waals surface area contributed by atoms with Crippen LogP contribution in [0.15, 0.2) is 12.7 Å². The summed E-state index contributed by atoms with van der Waals surface area (Å²) in [7, 11) is 1.83. The Morgan fingerprint density at radius 3 is 2.43 bits per heavy atom. The van der Waals surface area contributed by atoms with Crippen LogP contribution in [-0.4, -0.2) is 14.8 Å². The minimum Gasteiger partial charge on any atom is -0.256 e. The number of hydrogen-bond donors (Lipinski definition) is 0. The third kappa shape index (κ3) is 1.55. The van der Waals surface area contributed by atoms with E-state index in [1.165, 1.54) is 6.33 Å². The van der Waals surface area contributed by atoms with Gasteiger partial charge in [-0.05, 0) is 0 Å². The lowest BCUT2D eigenvalue weighted by Gasteiger charge is -1.74. The monoisotopic (exact) mass is 119 g/mol. The van der Waals surface area contributed by atoms with Gasteiger partial charge in [0, 0.05) is 7.05 Å². The van der Waals surface area contributed by atoms with Crippen molar-refractivity contribution in [1.82, 2.24) is 14.8 Å². The first kappa shape index (κ1) is 6.43. The van der Waals surface area contributed by atoms with Crippen LogP contribution in [0.25, 0.3) is 0 Å². The van der Waals surface area contributed by atoms with E-state index in [1.54, 1.807) is 11.0 Å². The first-order valence-corrected chi connectivity index (χ1v) is 1.68. The van der Waals surface area contributed by atoms with E-state index in [0.717, 1.165) is 0 Å². The molecule has 1 aromatic rings. The molecular weight excluding hydrogens is 114 g/mol. The fraction of sp³-hybridized carbons (Fsp3) is 0.333. The molecule has 0 aromatic carbocycles. The Bertz CT molecular complexity index is 114. The number of hydrogen-bond acceptors (Lipinski definition) is 2. The Labute approximate surface area is 47.8 Å². The van der Waals surface area contributed by atoms with Crippen molar-refractivity contribution in [2.24, 2.45) is 7.05 Å². The van der Waals surface area contributed by atoms with Crippen LogP contribution < -0.4 is 0 Å². The molecule has 0 unspecified atom stereocenters. The summed E-state index contributed by atoms with van der Waals surface area (Å²) in [4.78, 5) is 3.67. The molecule has 0 amide bonds. The number of rotatable bonds is 0. The molecule has 0 atom stereocenters. The number of halogens is 1. The molecule has 0 radical (unpaired) electrons. The van der Waals surface area contributed by atoms with Crippen LogP contribution in [-0.2, 0) is 7.05 Å². The lowest BCUT2D eigenvalue weighted by atomic mass is 11.2. The van der Waals surface area contributed by atoms with E-state index in [1.807, 2.05) is 7.05 Å². The third-order valence-corrected chi connectivity index (χ3v) is 0.534. The Hall–Kier alpha value is -0.570. The van der Waals surface area contributed by atoms with Gasteiger partial charge in [-0.15, -0.1) is 12.4 Å². The minimum absolute atomic E-state index is 0. The highest BCUT2D eigenvalue weighted by atomic mass is 35.5. The van der Waals surface area contributed by atoms with E-state index >= 15 is 0 Å². The van der Waals surface area contributed by atoms with Crippen LogP contribution in [0.3, 0.4) is 0 Å². The van der Waals surface area contributed by atoms with Gasteiger partial charge >= 0.3 is 0 Å². The van der Waals surface area contributed by atoms with Crippen LogP contribution in [0.1, 0.15) is 0 Å². The predicted molar refractivity (Wildman–Crippen MR) is 28.3 cm³/mol. The summed E-state index contributed by atoms with van der Waals surface area (Å²) in [5.41, 5.74) is 0. The van der Waals surface area contributed by atoms with Crippen molar-refractivity contribution in [2.75, 3.05) is 0 Å². The summed E-state index contributed by atoms with van der Waals surface area (Å²) >= 11 is 0. The van der Waals surface area contributed by atoms with E-state index in [-0.39, 0.29) is 12.4 Å². The number of nitrogens with zero attached hydrogens (tertiary/aromatic N) is 3. The Balaban J connectivity index is 0.000000360. The first-order valence-electron chi connectivity index (χ1n) is 1.68. The molecule has 0 bridgehead atoms. The molecule has 1 aromatic heterocycles. The zero-order valence-corrected chi connectivity index (χ0v) is 4.72. The van der Waals surface area contributed by atoms with Gasteiger partial charge in [0.05, 0.1) is 0 Å². The van der Waals surface area contributed by atoms with Crippen molar-refractivity contribution in [3.05, 3.63) is 12.7 Å². The molecule has 0 N–H and O–H groups in total. The zero-order chi connectivity index (χ0) is 4.41. The van der Waals surface area contributed by atoms with Crippen molar-refractivity contribution in [1.29, 1.82) is 0 Å². The average molecular weight is 120 g/mol. The maximum atomic E-state index is 3.72. The largest absolute Gasteiger partial charge is 0.256 e. The Morgan fingerprint density at radius 2 is 2.29 bits per heavy atom. The molecule has 3 nitrogen and oxygen atoms in total. The molecule has 0 spiro atoms. The average Bonchev–Trinajstić information content (AvgIpc) is 1.86. The lowest BCUT2D eigenvalue weighted by Crippen LogP contribution is -1.83. The zero-order valence-electron chi connectivity index (χ0n) is 3.90. The van der Waals surface area contributed by atoms with E-state index in [9.17, 15) is 0 Å². The molecule has 1 rings (SSSR count). The third-order valence-electron chi connectivity index (χ3n) is 0.534. The molecule has 40 valence electrons. The topological polar surface area (TPSA) is 30.7 Å².